The third-order valence-electron chi connectivity index (χ3n) is 4.87. The summed E-state index contributed by atoms with van der Waals surface area (Å²) in [5.74, 6) is -1.53. The first-order chi connectivity index (χ1) is 11.4. The first-order valence-electron chi connectivity index (χ1n) is 8.06. The van der Waals surface area contributed by atoms with Gasteiger partial charge in [-0.05, 0) is 41.9 Å². The lowest BCUT2D eigenvalue weighted by Crippen LogP contribution is -2.40. The van der Waals surface area contributed by atoms with Crippen molar-refractivity contribution in [1.82, 2.24) is 0 Å². The van der Waals surface area contributed by atoms with Crippen LogP contribution in [0.1, 0.15) is 13.8 Å². The molecule has 0 N–H and O–H groups in total. The average Bonchev–Trinajstić information content (AvgIpc) is 3.15. The van der Waals surface area contributed by atoms with Crippen LogP contribution in [0.25, 0.3) is 0 Å². The lowest BCUT2D eigenvalue weighted by atomic mass is 9.77. The highest BCUT2D eigenvalue weighted by molar-refractivity contribution is 9.10. The fraction of sp³-hybridized carbons (Fsp3) is 0.444. The smallest absolute Gasteiger partial charge is 0.313 e. The van der Waals surface area contributed by atoms with Gasteiger partial charge in [-0.3, -0.25) is 9.59 Å². The Morgan fingerprint density at radius 3 is 2.88 bits per heavy atom. The number of para-hydroxylation sites is 1. The van der Waals surface area contributed by atoms with Gasteiger partial charge in [0.2, 0.25) is 5.91 Å². The molecule has 1 spiro atoms. The minimum atomic E-state index is -0.725. The SMILES string of the molecule is CC(C)OC(=O)[C@H]1[C@@H]2C=C[C@@]3(CN(c4ccccc4Br)C(=O)[C@@H]13)O2. The number of nitrogens with zero attached hydrogens (tertiary/aromatic N) is 1. The summed E-state index contributed by atoms with van der Waals surface area (Å²) in [7, 11) is 0. The van der Waals surface area contributed by atoms with Crippen molar-refractivity contribution in [3.8, 4) is 0 Å². The molecule has 2 fully saturated rings. The van der Waals surface area contributed by atoms with E-state index in [1.807, 2.05) is 36.4 Å². The van der Waals surface area contributed by atoms with Crippen LogP contribution in [0.3, 0.4) is 0 Å². The summed E-state index contributed by atoms with van der Waals surface area (Å²) >= 11 is 3.50. The average molecular weight is 392 g/mol. The molecule has 2 bridgehead atoms. The van der Waals surface area contributed by atoms with Gasteiger partial charge in [-0.25, -0.2) is 0 Å². The van der Waals surface area contributed by atoms with E-state index in [2.05, 4.69) is 15.9 Å². The molecule has 0 aromatic heterocycles. The zero-order valence-electron chi connectivity index (χ0n) is 13.4. The van der Waals surface area contributed by atoms with E-state index in [4.69, 9.17) is 9.47 Å². The molecule has 24 heavy (non-hydrogen) atoms. The number of hydrogen-bond acceptors (Lipinski definition) is 4. The Morgan fingerprint density at radius 2 is 2.17 bits per heavy atom. The van der Waals surface area contributed by atoms with Gasteiger partial charge >= 0.3 is 5.97 Å². The maximum Gasteiger partial charge on any atom is 0.313 e. The van der Waals surface area contributed by atoms with Crippen molar-refractivity contribution >= 4 is 33.5 Å². The molecule has 1 aromatic rings. The number of halogens is 1. The van der Waals surface area contributed by atoms with Crippen LogP contribution in [0.15, 0.2) is 40.9 Å². The normalized spacial score (nSPS) is 33.4. The molecular weight excluding hydrogens is 374 g/mol. The predicted molar refractivity (Wildman–Crippen MR) is 91.4 cm³/mol. The summed E-state index contributed by atoms with van der Waals surface area (Å²) < 4.78 is 12.3. The summed E-state index contributed by atoms with van der Waals surface area (Å²) in [5.41, 5.74) is 0.0697. The van der Waals surface area contributed by atoms with Gasteiger partial charge in [0.25, 0.3) is 0 Å². The van der Waals surface area contributed by atoms with Gasteiger partial charge in [0.1, 0.15) is 11.5 Å². The van der Waals surface area contributed by atoms with Crippen molar-refractivity contribution < 1.29 is 19.1 Å². The number of carbonyl (C=O) groups excluding carboxylic acids is 2. The molecule has 1 aromatic carbocycles. The summed E-state index contributed by atoms with van der Waals surface area (Å²) in [5, 5.41) is 0. The Balaban J connectivity index is 1.69. The van der Waals surface area contributed by atoms with Crippen molar-refractivity contribution in [3.63, 3.8) is 0 Å². The number of carbonyl (C=O) groups is 2. The van der Waals surface area contributed by atoms with Gasteiger partial charge in [0.15, 0.2) is 0 Å². The quantitative estimate of drug-likeness (QED) is 0.587. The molecule has 3 aliphatic heterocycles. The number of hydrogen-bond donors (Lipinski definition) is 0. The maximum absolute atomic E-state index is 13.1. The number of amides is 1. The van der Waals surface area contributed by atoms with Gasteiger partial charge in [-0.2, -0.15) is 0 Å². The van der Waals surface area contributed by atoms with E-state index in [0.29, 0.717) is 6.54 Å². The summed E-state index contributed by atoms with van der Waals surface area (Å²) in [6.07, 6.45) is 3.24. The molecule has 5 nitrogen and oxygen atoms in total. The molecule has 0 aliphatic carbocycles. The molecule has 0 unspecified atom stereocenters. The fourth-order valence-corrected chi connectivity index (χ4v) is 4.45. The highest BCUT2D eigenvalue weighted by Crippen LogP contribution is 2.53. The fourth-order valence-electron chi connectivity index (χ4n) is 3.95. The Hall–Kier alpha value is -1.66. The van der Waals surface area contributed by atoms with Crippen LogP contribution in [0.2, 0.25) is 0 Å². The van der Waals surface area contributed by atoms with Crippen molar-refractivity contribution in [2.45, 2.75) is 31.7 Å². The zero-order valence-corrected chi connectivity index (χ0v) is 15.0. The van der Waals surface area contributed by atoms with Crippen LogP contribution in [0.4, 0.5) is 5.69 Å². The zero-order chi connectivity index (χ0) is 17.1. The lowest BCUT2D eigenvalue weighted by Gasteiger charge is -2.23. The predicted octanol–water partition coefficient (Wildman–Crippen LogP) is 2.69. The van der Waals surface area contributed by atoms with Crippen molar-refractivity contribution in [1.29, 1.82) is 0 Å². The van der Waals surface area contributed by atoms with Crippen LogP contribution in [-0.4, -0.2) is 36.2 Å². The van der Waals surface area contributed by atoms with E-state index < -0.39 is 17.4 Å². The molecule has 2 saturated heterocycles. The van der Waals surface area contributed by atoms with Gasteiger partial charge < -0.3 is 14.4 Å². The monoisotopic (exact) mass is 391 g/mol. The van der Waals surface area contributed by atoms with E-state index in [1.54, 1.807) is 18.7 Å². The van der Waals surface area contributed by atoms with Gasteiger partial charge in [-0.1, -0.05) is 24.3 Å². The highest BCUT2D eigenvalue weighted by Gasteiger charge is 2.67. The van der Waals surface area contributed by atoms with Crippen molar-refractivity contribution in [3.05, 3.63) is 40.9 Å². The van der Waals surface area contributed by atoms with Crippen LogP contribution >= 0.6 is 15.9 Å². The van der Waals surface area contributed by atoms with E-state index in [-0.39, 0.29) is 24.1 Å². The Labute approximate surface area is 148 Å². The number of anilines is 1. The minimum Gasteiger partial charge on any atom is -0.463 e. The lowest BCUT2D eigenvalue weighted by molar-refractivity contribution is -0.156. The van der Waals surface area contributed by atoms with Crippen LogP contribution in [-0.2, 0) is 19.1 Å². The van der Waals surface area contributed by atoms with Crippen molar-refractivity contribution in [2.24, 2.45) is 11.8 Å². The number of ether oxygens (including phenoxy) is 2. The van der Waals surface area contributed by atoms with E-state index in [9.17, 15) is 9.59 Å². The molecule has 126 valence electrons. The van der Waals surface area contributed by atoms with Gasteiger partial charge in [0, 0.05) is 4.47 Å². The van der Waals surface area contributed by atoms with Crippen LogP contribution in [0.5, 0.6) is 0 Å². The third kappa shape index (κ3) is 2.16. The maximum atomic E-state index is 13.1. The second-order valence-corrected chi connectivity index (χ2v) is 7.62. The number of esters is 1. The molecule has 4 rings (SSSR count). The molecule has 0 saturated carbocycles. The second-order valence-electron chi connectivity index (χ2n) is 6.76. The van der Waals surface area contributed by atoms with Gasteiger partial charge in [0.05, 0.1) is 30.4 Å². The number of rotatable bonds is 3. The van der Waals surface area contributed by atoms with Gasteiger partial charge in [-0.15, -0.1) is 0 Å². The summed E-state index contributed by atoms with van der Waals surface area (Å²) in [6, 6.07) is 7.57. The molecular formula is C18H18BrNO4. The molecule has 0 radical (unpaired) electrons. The molecule has 6 heteroatoms. The third-order valence-corrected chi connectivity index (χ3v) is 5.54. The topological polar surface area (TPSA) is 55.8 Å². The number of benzene rings is 1. The largest absolute Gasteiger partial charge is 0.463 e. The first-order valence-corrected chi connectivity index (χ1v) is 8.86. The first kappa shape index (κ1) is 15.8. The van der Waals surface area contributed by atoms with E-state index in [1.165, 1.54) is 0 Å². The Morgan fingerprint density at radius 1 is 1.42 bits per heavy atom. The molecule has 3 aliphatic rings. The van der Waals surface area contributed by atoms with E-state index in [0.717, 1.165) is 10.2 Å². The Bertz CT molecular complexity index is 746. The standard InChI is InChI=1S/C18H18BrNO4/c1-10(2)23-17(22)14-13-7-8-18(24-13)9-20(16(21)15(14)18)12-6-4-3-5-11(12)19/h3-8,10,13-15H,9H2,1-2H3/t13-,14-,15+,18-/m0/s1. The molecule has 1 amide bonds. The Kier molecular flexibility index (Phi) is 3.58. The van der Waals surface area contributed by atoms with Crippen LogP contribution in [0, 0.1) is 11.8 Å². The van der Waals surface area contributed by atoms with Crippen LogP contribution < -0.4 is 4.90 Å². The minimum absolute atomic E-state index is 0.0838. The second kappa shape index (κ2) is 5.43. The highest BCUT2D eigenvalue weighted by atomic mass is 79.9. The van der Waals surface area contributed by atoms with E-state index >= 15 is 0 Å². The van der Waals surface area contributed by atoms with Crippen molar-refractivity contribution in [2.75, 3.05) is 11.4 Å². The summed E-state index contributed by atoms with van der Waals surface area (Å²) in [4.78, 5) is 27.3. The molecule has 3 heterocycles. The number of fused-ring (bicyclic) bond motifs is 1. The molecule has 4 atom stereocenters. The summed E-state index contributed by atoms with van der Waals surface area (Å²) in [6.45, 7) is 4.03.